The van der Waals surface area contributed by atoms with E-state index >= 15 is 0 Å². The Morgan fingerprint density at radius 1 is 1.47 bits per heavy atom. The van der Waals surface area contributed by atoms with E-state index in [0.717, 1.165) is 12.3 Å². The molecular formula is C14H25N3O2. The van der Waals surface area contributed by atoms with Gasteiger partial charge in [0.15, 0.2) is 5.82 Å². The lowest BCUT2D eigenvalue weighted by molar-refractivity contribution is 0.130. The molecule has 1 heterocycles. The molecule has 0 aliphatic heterocycles. The quantitative estimate of drug-likeness (QED) is 0.888. The fraction of sp³-hybridized carbons (Fsp3) is 0.857. The molecule has 2 rings (SSSR count). The molecule has 0 radical (unpaired) electrons. The first kappa shape index (κ1) is 14.5. The van der Waals surface area contributed by atoms with Gasteiger partial charge in [0.05, 0.1) is 12.6 Å². The van der Waals surface area contributed by atoms with Crippen LogP contribution >= 0.6 is 0 Å². The predicted molar refractivity (Wildman–Crippen MR) is 72.7 cm³/mol. The lowest BCUT2D eigenvalue weighted by Gasteiger charge is -2.36. The number of rotatable bonds is 5. The van der Waals surface area contributed by atoms with Crippen LogP contribution in [0.4, 0.5) is 0 Å². The maximum atomic E-state index is 5.98. The smallest absolute Gasteiger partial charge is 0.230 e. The van der Waals surface area contributed by atoms with Crippen LogP contribution in [0.15, 0.2) is 4.52 Å². The molecule has 19 heavy (non-hydrogen) atoms. The number of hydrogen-bond acceptors (Lipinski definition) is 5. The second-order valence-corrected chi connectivity index (χ2v) is 6.04. The van der Waals surface area contributed by atoms with E-state index in [2.05, 4.69) is 24.0 Å². The van der Waals surface area contributed by atoms with Crippen LogP contribution in [0.25, 0.3) is 0 Å². The molecule has 0 bridgehead atoms. The number of nitrogens with two attached hydrogens (primary N) is 1. The third kappa shape index (κ3) is 3.34. The topological polar surface area (TPSA) is 74.2 Å². The Bertz CT molecular complexity index is 403. The molecular weight excluding hydrogens is 242 g/mol. The Morgan fingerprint density at radius 3 is 2.95 bits per heavy atom. The zero-order valence-corrected chi connectivity index (χ0v) is 12.2. The summed E-state index contributed by atoms with van der Waals surface area (Å²) in [5.41, 5.74) is 6.21. The van der Waals surface area contributed by atoms with Gasteiger partial charge in [0.25, 0.3) is 0 Å². The average Bonchev–Trinajstić information content (AvgIpc) is 2.84. The highest BCUT2D eigenvalue weighted by Crippen LogP contribution is 2.46. The fourth-order valence-corrected chi connectivity index (χ4v) is 2.81. The molecule has 1 aromatic heterocycles. The summed E-state index contributed by atoms with van der Waals surface area (Å²) in [7, 11) is 0. The van der Waals surface area contributed by atoms with Gasteiger partial charge in [-0.1, -0.05) is 31.8 Å². The summed E-state index contributed by atoms with van der Waals surface area (Å²) in [6.45, 7) is 7.58. The number of hydrogen-bond donors (Lipinski definition) is 1. The monoisotopic (exact) mass is 267 g/mol. The zero-order valence-electron chi connectivity index (χ0n) is 12.2. The molecule has 1 saturated carbocycles. The number of ether oxygens (including phenoxy) is 1. The van der Waals surface area contributed by atoms with Crippen LogP contribution in [-0.2, 0) is 4.74 Å². The predicted octanol–water partition coefficient (Wildman–Crippen LogP) is 2.79. The van der Waals surface area contributed by atoms with E-state index in [4.69, 9.17) is 15.0 Å². The molecule has 0 saturated heterocycles. The first-order chi connectivity index (χ1) is 9.04. The van der Waals surface area contributed by atoms with Gasteiger partial charge in [0, 0.05) is 12.5 Å². The minimum atomic E-state index is -0.302. The second-order valence-electron chi connectivity index (χ2n) is 6.04. The van der Waals surface area contributed by atoms with Gasteiger partial charge in [-0.25, -0.2) is 0 Å². The molecule has 5 heteroatoms. The molecule has 1 fully saturated rings. The molecule has 1 aliphatic rings. The standard InChI is InChI=1S/C14H25N3O2/c1-4-18-9-11(15)12-16-13(19-17-12)10-7-5-6-8-14(10,2)3/h10-11H,4-9,15H2,1-3H3. The maximum absolute atomic E-state index is 5.98. The van der Waals surface area contributed by atoms with E-state index in [1.807, 2.05) is 6.92 Å². The SMILES string of the molecule is CCOCC(N)c1noc(C2CCCCC2(C)C)n1. The van der Waals surface area contributed by atoms with Crippen LogP contribution in [0, 0.1) is 5.41 Å². The van der Waals surface area contributed by atoms with Crippen molar-refractivity contribution < 1.29 is 9.26 Å². The summed E-state index contributed by atoms with van der Waals surface area (Å²) in [6, 6.07) is -0.302. The van der Waals surface area contributed by atoms with Crippen LogP contribution in [0.2, 0.25) is 0 Å². The Kier molecular flexibility index (Phi) is 4.58. The zero-order chi connectivity index (χ0) is 13.9. The van der Waals surface area contributed by atoms with Crippen LogP contribution in [0.1, 0.15) is 70.1 Å². The van der Waals surface area contributed by atoms with Crippen LogP contribution in [0.5, 0.6) is 0 Å². The molecule has 2 atom stereocenters. The molecule has 1 aliphatic carbocycles. The Morgan fingerprint density at radius 2 is 2.26 bits per heavy atom. The van der Waals surface area contributed by atoms with Crippen molar-refractivity contribution in [3.05, 3.63) is 11.7 Å². The molecule has 0 aromatic carbocycles. The molecule has 0 spiro atoms. The van der Waals surface area contributed by atoms with Gasteiger partial charge in [0.1, 0.15) is 0 Å². The maximum Gasteiger partial charge on any atom is 0.230 e. The van der Waals surface area contributed by atoms with Gasteiger partial charge in [0.2, 0.25) is 5.89 Å². The van der Waals surface area contributed by atoms with Gasteiger partial charge < -0.3 is 15.0 Å². The third-order valence-electron chi connectivity index (χ3n) is 4.10. The summed E-state index contributed by atoms with van der Waals surface area (Å²) >= 11 is 0. The summed E-state index contributed by atoms with van der Waals surface area (Å²) in [6.07, 6.45) is 4.85. The van der Waals surface area contributed by atoms with E-state index < -0.39 is 0 Å². The first-order valence-electron chi connectivity index (χ1n) is 7.21. The summed E-state index contributed by atoms with van der Waals surface area (Å²) in [5.74, 6) is 1.65. The average molecular weight is 267 g/mol. The summed E-state index contributed by atoms with van der Waals surface area (Å²) in [4.78, 5) is 4.50. The highest BCUT2D eigenvalue weighted by Gasteiger charge is 2.37. The van der Waals surface area contributed by atoms with E-state index in [1.54, 1.807) is 0 Å². The lowest BCUT2D eigenvalue weighted by Crippen LogP contribution is -2.26. The van der Waals surface area contributed by atoms with Crippen molar-refractivity contribution in [3.8, 4) is 0 Å². The van der Waals surface area contributed by atoms with Crippen LogP contribution < -0.4 is 5.73 Å². The molecule has 1 aromatic rings. The highest BCUT2D eigenvalue weighted by atomic mass is 16.5. The Labute approximate surface area is 114 Å². The first-order valence-corrected chi connectivity index (χ1v) is 7.21. The van der Waals surface area contributed by atoms with Crippen LogP contribution in [0.3, 0.4) is 0 Å². The molecule has 108 valence electrons. The molecule has 5 nitrogen and oxygen atoms in total. The van der Waals surface area contributed by atoms with Gasteiger partial charge in [-0.2, -0.15) is 4.98 Å². The van der Waals surface area contributed by atoms with Crippen molar-refractivity contribution in [1.29, 1.82) is 0 Å². The summed E-state index contributed by atoms with van der Waals surface area (Å²) < 4.78 is 10.7. The fourth-order valence-electron chi connectivity index (χ4n) is 2.81. The Balaban J connectivity index is 2.07. The van der Waals surface area contributed by atoms with Crippen molar-refractivity contribution in [2.75, 3.05) is 13.2 Å². The summed E-state index contributed by atoms with van der Waals surface area (Å²) in [5, 5.41) is 4.02. The lowest BCUT2D eigenvalue weighted by atomic mass is 9.69. The molecule has 2 N–H and O–H groups in total. The van der Waals surface area contributed by atoms with Crippen molar-refractivity contribution in [3.63, 3.8) is 0 Å². The normalized spacial score (nSPS) is 24.3. The van der Waals surface area contributed by atoms with Crippen molar-refractivity contribution in [2.24, 2.45) is 11.1 Å². The van der Waals surface area contributed by atoms with Crippen molar-refractivity contribution in [1.82, 2.24) is 10.1 Å². The van der Waals surface area contributed by atoms with Gasteiger partial charge in [-0.05, 0) is 25.2 Å². The minimum Gasteiger partial charge on any atom is -0.380 e. The van der Waals surface area contributed by atoms with Crippen LogP contribution in [-0.4, -0.2) is 23.4 Å². The number of aromatic nitrogens is 2. The van der Waals surface area contributed by atoms with Gasteiger partial charge in [-0.3, -0.25) is 0 Å². The molecule has 0 amide bonds. The highest BCUT2D eigenvalue weighted by molar-refractivity contribution is 5.04. The molecule has 2 unspecified atom stereocenters. The van der Waals surface area contributed by atoms with Gasteiger partial charge in [-0.15, -0.1) is 0 Å². The Hall–Kier alpha value is -0.940. The van der Waals surface area contributed by atoms with E-state index in [0.29, 0.717) is 25.0 Å². The minimum absolute atomic E-state index is 0.228. The number of nitrogens with zero attached hydrogens (tertiary/aromatic N) is 2. The van der Waals surface area contributed by atoms with Crippen molar-refractivity contribution >= 4 is 0 Å². The van der Waals surface area contributed by atoms with Crippen molar-refractivity contribution in [2.45, 2.75) is 58.4 Å². The third-order valence-corrected chi connectivity index (χ3v) is 4.10. The second kappa shape index (κ2) is 6.01. The van der Waals surface area contributed by atoms with Gasteiger partial charge >= 0.3 is 0 Å². The largest absolute Gasteiger partial charge is 0.380 e. The van der Waals surface area contributed by atoms with E-state index in [-0.39, 0.29) is 11.5 Å². The van der Waals surface area contributed by atoms with E-state index in [9.17, 15) is 0 Å². The van der Waals surface area contributed by atoms with E-state index in [1.165, 1.54) is 19.3 Å².